The van der Waals surface area contributed by atoms with Crippen molar-refractivity contribution < 1.29 is 14.3 Å². The molecule has 4 rings (SSSR count). The number of thiazole rings is 1. The van der Waals surface area contributed by atoms with Crippen molar-refractivity contribution in [2.75, 3.05) is 5.32 Å². The number of ether oxygens (including phenoxy) is 1. The number of nitrogens with one attached hydrogen (secondary N) is 1. The molecule has 0 saturated carbocycles. The number of aryl methyl sites for hydroxylation is 2. The molecule has 28 heavy (non-hydrogen) atoms. The number of anilines is 2. The summed E-state index contributed by atoms with van der Waals surface area (Å²) in [5.41, 5.74) is 0.868. The highest BCUT2D eigenvalue weighted by atomic mass is 79.9. The number of hydrogen-bond donors (Lipinski definition) is 2. The van der Waals surface area contributed by atoms with Gasteiger partial charge in [0.2, 0.25) is 5.89 Å². The molecule has 2 N–H and O–H groups in total. The minimum atomic E-state index is -0.428. The van der Waals surface area contributed by atoms with E-state index in [-0.39, 0.29) is 0 Å². The lowest BCUT2D eigenvalue weighted by atomic mass is 10.2. The van der Waals surface area contributed by atoms with Crippen LogP contribution in [-0.2, 0) is 12.8 Å². The molecule has 0 fully saturated rings. The molecule has 0 saturated heterocycles. The summed E-state index contributed by atoms with van der Waals surface area (Å²) >= 11 is 4.88. The molecule has 0 aliphatic heterocycles. The van der Waals surface area contributed by atoms with Gasteiger partial charge >= 0.3 is 6.08 Å². The van der Waals surface area contributed by atoms with Crippen molar-refractivity contribution in [3.8, 4) is 17.6 Å². The van der Waals surface area contributed by atoms with Gasteiger partial charge in [-0.1, -0.05) is 23.3 Å². The quantitative estimate of drug-likeness (QED) is 0.409. The van der Waals surface area contributed by atoms with E-state index in [9.17, 15) is 0 Å². The van der Waals surface area contributed by atoms with Crippen LogP contribution in [0, 0.1) is 0 Å². The molecular formula is C18H14BrN5O3S. The van der Waals surface area contributed by atoms with E-state index in [1.54, 1.807) is 6.20 Å². The lowest BCUT2D eigenvalue weighted by Crippen LogP contribution is -1.98. The van der Waals surface area contributed by atoms with Gasteiger partial charge in [0.05, 0.1) is 5.69 Å². The maximum atomic E-state index is 9.08. The summed E-state index contributed by atoms with van der Waals surface area (Å²) in [5.74, 6) is 2.23. The first-order valence-corrected chi connectivity index (χ1v) is 9.94. The van der Waals surface area contributed by atoms with Crippen molar-refractivity contribution in [3.05, 3.63) is 64.0 Å². The molecule has 4 aromatic rings. The molecular weight excluding hydrogens is 446 g/mol. The highest BCUT2D eigenvalue weighted by Gasteiger charge is 2.12. The molecule has 1 aromatic carbocycles. The minimum absolute atomic E-state index is 0.369. The van der Waals surface area contributed by atoms with Gasteiger partial charge < -0.3 is 19.6 Å². The van der Waals surface area contributed by atoms with Gasteiger partial charge in [0, 0.05) is 28.5 Å². The van der Waals surface area contributed by atoms with Crippen molar-refractivity contribution in [3.63, 3.8) is 0 Å². The predicted molar refractivity (Wildman–Crippen MR) is 107 cm³/mol. The zero-order chi connectivity index (χ0) is 19.3. The third kappa shape index (κ3) is 4.65. The zero-order valence-electron chi connectivity index (χ0n) is 14.4. The van der Waals surface area contributed by atoms with Crippen LogP contribution in [0.4, 0.5) is 10.9 Å². The molecule has 0 bridgehead atoms. The van der Waals surface area contributed by atoms with Gasteiger partial charge in [-0.3, -0.25) is 0 Å². The van der Waals surface area contributed by atoms with E-state index < -0.39 is 6.08 Å². The average molecular weight is 460 g/mol. The number of pyridine rings is 1. The molecule has 0 radical (unpaired) electrons. The Labute approximate surface area is 172 Å². The van der Waals surface area contributed by atoms with Crippen LogP contribution in [0.5, 0.6) is 17.6 Å². The second kappa shape index (κ2) is 8.36. The third-order valence-electron chi connectivity index (χ3n) is 3.62. The Hall–Kier alpha value is -2.98. The zero-order valence-corrected chi connectivity index (χ0v) is 16.8. The smallest absolute Gasteiger partial charge is 0.412 e. The van der Waals surface area contributed by atoms with Crippen LogP contribution in [0.25, 0.3) is 0 Å². The molecule has 0 spiro atoms. The second-order valence-corrected chi connectivity index (χ2v) is 7.44. The summed E-state index contributed by atoms with van der Waals surface area (Å²) in [4.78, 5) is 8.94. The lowest BCUT2D eigenvalue weighted by Gasteiger charge is -2.11. The fourth-order valence-corrected chi connectivity index (χ4v) is 3.42. The van der Waals surface area contributed by atoms with Gasteiger partial charge in [0.1, 0.15) is 5.75 Å². The van der Waals surface area contributed by atoms with Gasteiger partial charge in [0.15, 0.2) is 16.7 Å². The molecule has 8 nitrogen and oxygen atoms in total. The number of para-hydroxylation sites is 1. The standard InChI is InChI=1S/C18H14BrN5O3S/c19-11-8-14(26-13-4-2-1-3-5-13)16(20-9-11)22-17-21-12(10-28-17)6-7-15-23-24-18(25)27-15/h1-5,8-10H,6-7H2,(H,24,25)(H,20,21,22). The van der Waals surface area contributed by atoms with Crippen molar-refractivity contribution in [2.45, 2.75) is 12.8 Å². The monoisotopic (exact) mass is 459 g/mol. The first-order valence-electron chi connectivity index (χ1n) is 8.27. The van der Waals surface area contributed by atoms with Crippen molar-refractivity contribution >= 4 is 38.2 Å². The molecule has 0 amide bonds. The van der Waals surface area contributed by atoms with Gasteiger partial charge in [0.25, 0.3) is 0 Å². The van der Waals surface area contributed by atoms with Gasteiger partial charge in [-0.15, -0.1) is 16.4 Å². The topological polar surface area (TPSA) is 106 Å². The number of halogens is 1. The molecule has 0 aliphatic carbocycles. The molecule has 10 heteroatoms. The summed E-state index contributed by atoms with van der Waals surface area (Å²) in [5, 5.41) is 22.1. The molecule has 142 valence electrons. The normalized spacial score (nSPS) is 10.8. The summed E-state index contributed by atoms with van der Waals surface area (Å²) in [6.45, 7) is 0. The Morgan fingerprint density at radius 3 is 2.82 bits per heavy atom. The fraction of sp³-hybridized carbons (Fsp3) is 0.111. The summed E-state index contributed by atoms with van der Waals surface area (Å²) in [7, 11) is 0. The summed E-state index contributed by atoms with van der Waals surface area (Å²) in [6.07, 6.45) is 2.37. The molecule has 0 atom stereocenters. The van der Waals surface area contributed by atoms with Crippen LogP contribution in [0.1, 0.15) is 11.6 Å². The van der Waals surface area contributed by atoms with E-state index in [1.165, 1.54) is 11.3 Å². The number of rotatable bonds is 7. The van der Waals surface area contributed by atoms with Crippen LogP contribution in [0.15, 0.2) is 56.9 Å². The minimum Gasteiger partial charge on any atom is -0.465 e. The van der Waals surface area contributed by atoms with Gasteiger partial charge in [-0.25, -0.2) is 9.97 Å². The Morgan fingerprint density at radius 1 is 1.18 bits per heavy atom. The Bertz CT molecular complexity index is 1070. The van der Waals surface area contributed by atoms with Crippen LogP contribution in [0.3, 0.4) is 0 Å². The van der Waals surface area contributed by atoms with E-state index in [0.29, 0.717) is 41.2 Å². The van der Waals surface area contributed by atoms with Crippen molar-refractivity contribution in [2.24, 2.45) is 0 Å². The number of benzene rings is 1. The Morgan fingerprint density at radius 2 is 2.04 bits per heavy atom. The average Bonchev–Trinajstić information content (AvgIpc) is 3.32. The predicted octanol–water partition coefficient (Wildman–Crippen LogP) is 4.71. The van der Waals surface area contributed by atoms with Crippen molar-refractivity contribution in [1.82, 2.24) is 20.2 Å². The van der Waals surface area contributed by atoms with Crippen LogP contribution >= 0.6 is 27.3 Å². The van der Waals surface area contributed by atoms with Crippen LogP contribution < -0.4 is 10.1 Å². The van der Waals surface area contributed by atoms with Crippen LogP contribution in [0.2, 0.25) is 0 Å². The SMILES string of the molecule is Oc1nnc(CCc2csc(Nc3ncc(Br)cc3Oc3ccccc3)n2)o1. The number of aromatic hydroxyl groups is 1. The number of hydrogen-bond acceptors (Lipinski definition) is 9. The van der Waals surface area contributed by atoms with E-state index in [0.717, 1.165) is 10.2 Å². The summed E-state index contributed by atoms with van der Waals surface area (Å²) in [6, 6.07) is 11.3. The molecule has 0 unspecified atom stereocenters. The Balaban J connectivity index is 1.46. The van der Waals surface area contributed by atoms with E-state index in [2.05, 4.69) is 41.4 Å². The van der Waals surface area contributed by atoms with Crippen molar-refractivity contribution in [1.29, 1.82) is 0 Å². The maximum Gasteiger partial charge on any atom is 0.412 e. The maximum absolute atomic E-state index is 9.08. The van der Waals surface area contributed by atoms with Gasteiger partial charge in [-0.05, 0) is 34.5 Å². The summed E-state index contributed by atoms with van der Waals surface area (Å²) < 4.78 is 11.7. The van der Waals surface area contributed by atoms with Crippen LogP contribution in [-0.4, -0.2) is 25.3 Å². The molecule has 0 aliphatic rings. The third-order valence-corrected chi connectivity index (χ3v) is 4.86. The van der Waals surface area contributed by atoms with E-state index in [1.807, 2.05) is 41.8 Å². The van der Waals surface area contributed by atoms with E-state index >= 15 is 0 Å². The Kier molecular flexibility index (Phi) is 5.49. The number of aromatic nitrogens is 4. The lowest BCUT2D eigenvalue weighted by molar-refractivity contribution is 0.303. The van der Waals surface area contributed by atoms with E-state index in [4.69, 9.17) is 14.3 Å². The first kappa shape index (κ1) is 18.4. The molecule has 3 heterocycles. The number of nitrogens with zero attached hydrogens (tertiary/aromatic N) is 4. The highest BCUT2D eigenvalue weighted by molar-refractivity contribution is 9.10. The fourth-order valence-electron chi connectivity index (χ4n) is 2.37. The molecule has 3 aromatic heterocycles. The second-order valence-electron chi connectivity index (χ2n) is 5.66. The highest BCUT2D eigenvalue weighted by Crippen LogP contribution is 2.33. The van der Waals surface area contributed by atoms with Gasteiger partial charge in [-0.2, -0.15) is 0 Å². The first-order chi connectivity index (χ1) is 13.7. The largest absolute Gasteiger partial charge is 0.465 e.